The number of urea groups is 1. The fraction of sp³-hybridized carbons (Fsp3) is 0.364. The maximum absolute atomic E-state index is 12.7. The highest BCUT2D eigenvalue weighted by atomic mass is 16.5. The molecule has 0 bridgehead atoms. The van der Waals surface area contributed by atoms with E-state index in [0.29, 0.717) is 31.1 Å². The third-order valence-electron chi connectivity index (χ3n) is 4.98. The second-order valence-electron chi connectivity index (χ2n) is 7.02. The lowest BCUT2D eigenvalue weighted by molar-refractivity contribution is -0.126. The van der Waals surface area contributed by atoms with Gasteiger partial charge in [0.1, 0.15) is 11.5 Å². The van der Waals surface area contributed by atoms with Crippen LogP contribution >= 0.6 is 0 Å². The molecule has 154 valence electrons. The van der Waals surface area contributed by atoms with Crippen LogP contribution in [0.2, 0.25) is 0 Å². The summed E-state index contributed by atoms with van der Waals surface area (Å²) in [4.78, 5) is 26.9. The molecule has 3 amide bonds. The number of nitrogens with zero attached hydrogens (tertiary/aromatic N) is 1. The first-order valence-corrected chi connectivity index (χ1v) is 9.69. The Bertz CT molecular complexity index is 819. The highest BCUT2D eigenvalue weighted by Crippen LogP contribution is 2.23. The Morgan fingerprint density at radius 3 is 2.41 bits per heavy atom. The van der Waals surface area contributed by atoms with Gasteiger partial charge in [0.15, 0.2) is 0 Å². The molecule has 0 saturated carbocycles. The van der Waals surface area contributed by atoms with Crippen LogP contribution in [-0.2, 0) is 11.3 Å². The van der Waals surface area contributed by atoms with Crippen LogP contribution in [0, 0.1) is 5.92 Å². The second kappa shape index (κ2) is 9.82. The van der Waals surface area contributed by atoms with Gasteiger partial charge in [-0.05, 0) is 42.7 Å². The van der Waals surface area contributed by atoms with Gasteiger partial charge in [-0.25, -0.2) is 4.79 Å². The first-order chi connectivity index (χ1) is 14.1. The molecule has 0 aliphatic carbocycles. The molecule has 1 heterocycles. The van der Waals surface area contributed by atoms with E-state index in [1.807, 2.05) is 42.5 Å². The molecule has 3 rings (SSSR count). The third-order valence-corrected chi connectivity index (χ3v) is 4.98. The first kappa shape index (κ1) is 20.5. The number of hydrogen-bond donors (Lipinski definition) is 2. The Kier molecular flexibility index (Phi) is 6.94. The van der Waals surface area contributed by atoms with E-state index in [-0.39, 0.29) is 17.9 Å². The van der Waals surface area contributed by atoms with Gasteiger partial charge in [-0.2, -0.15) is 0 Å². The molecule has 1 aliphatic heterocycles. The monoisotopic (exact) mass is 397 g/mol. The van der Waals surface area contributed by atoms with Crippen molar-refractivity contribution in [2.24, 2.45) is 5.92 Å². The van der Waals surface area contributed by atoms with Gasteiger partial charge in [0, 0.05) is 31.4 Å². The zero-order valence-corrected chi connectivity index (χ0v) is 16.8. The molecule has 1 unspecified atom stereocenters. The SMILES string of the molecule is COc1cc(CNC(=O)C2CCCN(C(=O)Nc3ccccc3)C2)cc(OC)c1. The summed E-state index contributed by atoms with van der Waals surface area (Å²) in [5, 5.41) is 5.85. The van der Waals surface area contributed by atoms with Crippen LogP contribution in [-0.4, -0.2) is 44.1 Å². The molecule has 29 heavy (non-hydrogen) atoms. The normalized spacial score (nSPS) is 16.1. The van der Waals surface area contributed by atoms with Crippen LogP contribution in [0.1, 0.15) is 18.4 Å². The Morgan fingerprint density at radius 2 is 1.76 bits per heavy atom. The Balaban J connectivity index is 1.55. The third kappa shape index (κ3) is 5.63. The lowest BCUT2D eigenvalue weighted by Gasteiger charge is -2.32. The van der Waals surface area contributed by atoms with Gasteiger partial charge in [0.2, 0.25) is 5.91 Å². The van der Waals surface area contributed by atoms with Crippen molar-refractivity contribution < 1.29 is 19.1 Å². The minimum Gasteiger partial charge on any atom is -0.497 e. The summed E-state index contributed by atoms with van der Waals surface area (Å²) in [6.07, 6.45) is 1.57. The van der Waals surface area contributed by atoms with Crippen molar-refractivity contribution in [2.75, 3.05) is 32.6 Å². The van der Waals surface area contributed by atoms with E-state index >= 15 is 0 Å². The van der Waals surface area contributed by atoms with Crippen molar-refractivity contribution >= 4 is 17.6 Å². The second-order valence-corrected chi connectivity index (χ2v) is 7.02. The van der Waals surface area contributed by atoms with Crippen LogP contribution < -0.4 is 20.1 Å². The summed E-state index contributed by atoms with van der Waals surface area (Å²) >= 11 is 0. The maximum atomic E-state index is 12.7. The molecule has 1 fully saturated rings. The molecular formula is C22H27N3O4. The summed E-state index contributed by atoms with van der Waals surface area (Å²) in [5.74, 6) is 1.08. The van der Waals surface area contributed by atoms with Crippen molar-refractivity contribution in [2.45, 2.75) is 19.4 Å². The van der Waals surface area contributed by atoms with Crippen molar-refractivity contribution in [3.8, 4) is 11.5 Å². The molecule has 0 aromatic heterocycles. The fourth-order valence-corrected chi connectivity index (χ4v) is 3.40. The van der Waals surface area contributed by atoms with E-state index in [1.165, 1.54) is 0 Å². The van der Waals surface area contributed by atoms with Crippen LogP contribution in [0.4, 0.5) is 10.5 Å². The Morgan fingerprint density at radius 1 is 1.07 bits per heavy atom. The number of ether oxygens (including phenoxy) is 2. The lowest BCUT2D eigenvalue weighted by atomic mass is 9.97. The predicted octanol–water partition coefficient (Wildman–Crippen LogP) is 3.26. The average molecular weight is 397 g/mol. The maximum Gasteiger partial charge on any atom is 0.321 e. The van der Waals surface area contributed by atoms with Gasteiger partial charge in [-0.3, -0.25) is 4.79 Å². The average Bonchev–Trinajstić information content (AvgIpc) is 2.77. The molecule has 1 saturated heterocycles. The molecule has 1 aliphatic rings. The van der Waals surface area contributed by atoms with Crippen molar-refractivity contribution in [3.05, 3.63) is 54.1 Å². The van der Waals surface area contributed by atoms with Crippen molar-refractivity contribution in [3.63, 3.8) is 0 Å². The van der Waals surface area contributed by atoms with Crippen LogP contribution in [0.25, 0.3) is 0 Å². The van der Waals surface area contributed by atoms with Crippen LogP contribution in [0.3, 0.4) is 0 Å². The van der Waals surface area contributed by atoms with Crippen LogP contribution in [0.5, 0.6) is 11.5 Å². The Hall–Kier alpha value is -3.22. The topological polar surface area (TPSA) is 79.9 Å². The molecule has 1 atom stereocenters. The minimum absolute atomic E-state index is 0.0519. The van der Waals surface area contributed by atoms with Gasteiger partial charge >= 0.3 is 6.03 Å². The van der Waals surface area contributed by atoms with E-state index < -0.39 is 0 Å². The van der Waals surface area contributed by atoms with Crippen molar-refractivity contribution in [1.29, 1.82) is 0 Å². The van der Waals surface area contributed by atoms with E-state index in [9.17, 15) is 9.59 Å². The predicted molar refractivity (Wildman–Crippen MR) is 111 cm³/mol. The van der Waals surface area contributed by atoms with Gasteiger partial charge in [-0.15, -0.1) is 0 Å². The number of piperidine rings is 1. The number of carbonyl (C=O) groups excluding carboxylic acids is 2. The van der Waals surface area contributed by atoms with Gasteiger partial charge in [0.25, 0.3) is 0 Å². The van der Waals surface area contributed by atoms with E-state index in [1.54, 1.807) is 25.2 Å². The first-order valence-electron chi connectivity index (χ1n) is 9.69. The highest BCUT2D eigenvalue weighted by molar-refractivity contribution is 5.90. The number of carbonyl (C=O) groups is 2. The number of likely N-dealkylation sites (tertiary alicyclic amines) is 1. The summed E-state index contributed by atoms with van der Waals surface area (Å²) < 4.78 is 10.5. The number of rotatable bonds is 6. The number of para-hydroxylation sites is 1. The minimum atomic E-state index is -0.224. The number of anilines is 1. The Labute approximate surface area is 171 Å². The molecule has 2 aromatic carbocycles. The smallest absolute Gasteiger partial charge is 0.321 e. The standard InChI is InChI=1S/C22H27N3O4/c1-28-19-11-16(12-20(13-19)29-2)14-23-21(26)17-7-6-10-25(15-17)22(27)24-18-8-4-3-5-9-18/h3-5,8-9,11-13,17H,6-7,10,14-15H2,1-2H3,(H,23,26)(H,24,27). The number of methoxy groups -OCH3 is 2. The van der Waals surface area contributed by atoms with E-state index in [0.717, 1.165) is 24.1 Å². The number of hydrogen-bond acceptors (Lipinski definition) is 4. The molecule has 2 N–H and O–H groups in total. The summed E-state index contributed by atoms with van der Waals surface area (Å²) in [5.41, 5.74) is 1.64. The zero-order valence-electron chi connectivity index (χ0n) is 16.8. The largest absolute Gasteiger partial charge is 0.497 e. The number of amides is 3. The number of benzene rings is 2. The van der Waals surface area contributed by atoms with Crippen molar-refractivity contribution in [1.82, 2.24) is 10.2 Å². The van der Waals surface area contributed by atoms with Gasteiger partial charge in [0.05, 0.1) is 20.1 Å². The fourth-order valence-electron chi connectivity index (χ4n) is 3.40. The summed E-state index contributed by atoms with van der Waals surface area (Å²) in [6.45, 7) is 1.43. The molecule has 0 radical (unpaired) electrons. The van der Waals surface area contributed by atoms with Crippen LogP contribution in [0.15, 0.2) is 48.5 Å². The lowest BCUT2D eigenvalue weighted by Crippen LogP contribution is -2.46. The highest BCUT2D eigenvalue weighted by Gasteiger charge is 2.28. The summed E-state index contributed by atoms with van der Waals surface area (Å²) in [6, 6.07) is 14.7. The molecule has 7 heteroatoms. The van der Waals surface area contributed by atoms with E-state index in [2.05, 4.69) is 10.6 Å². The quantitative estimate of drug-likeness (QED) is 0.784. The molecule has 2 aromatic rings. The zero-order chi connectivity index (χ0) is 20.6. The molecular weight excluding hydrogens is 370 g/mol. The van der Waals surface area contributed by atoms with Gasteiger partial charge in [-0.1, -0.05) is 18.2 Å². The molecule has 7 nitrogen and oxygen atoms in total. The van der Waals surface area contributed by atoms with E-state index in [4.69, 9.17) is 9.47 Å². The number of nitrogens with one attached hydrogen (secondary N) is 2. The molecule has 0 spiro atoms. The summed E-state index contributed by atoms with van der Waals surface area (Å²) in [7, 11) is 3.18. The van der Waals surface area contributed by atoms with Gasteiger partial charge < -0.3 is 25.0 Å².